The Morgan fingerprint density at radius 3 is 2.22 bits per heavy atom. The third-order valence-corrected chi connectivity index (χ3v) is 7.79. The summed E-state index contributed by atoms with van der Waals surface area (Å²) in [6, 6.07) is 20.5. The van der Waals surface area contributed by atoms with Crippen LogP contribution in [-0.4, -0.2) is 42.8 Å². The van der Waals surface area contributed by atoms with E-state index in [0.29, 0.717) is 29.0 Å². The highest BCUT2D eigenvalue weighted by Gasteiger charge is 2.72. The van der Waals surface area contributed by atoms with Gasteiger partial charge in [0.05, 0.1) is 19.3 Å². The van der Waals surface area contributed by atoms with Crippen molar-refractivity contribution in [1.29, 1.82) is 0 Å². The summed E-state index contributed by atoms with van der Waals surface area (Å²) in [5, 5.41) is 0. The first-order valence-electron chi connectivity index (χ1n) is 12.7. The molecule has 1 saturated heterocycles. The van der Waals surface area contributed by atoms with Gasteiger partial charge in [0.2, 0.25) is 0 Å². The molecule has 37 heavy (non-hydrogen) atoms. The van der Waals surface area contributed by atoms with E-state index in [1.165, 1.54) is 0 Å². The first-order valence-corrected chi connectivity index (χ1v) is 12.7. The van der Waals surface area contributed by atoms with Crippen LogP contribution in [0, 0.1) is 5.41 Å². The number of hydrogen-bond acceptors (Lipinski definition) is 6. The van der Waals surface area contributed by atoms with Crippen LogP contribution in [0.15, 0.2) is 78.9 Å². The minimum Gasteiger partial charge on any atom is -0.494 e. The Morgan fingerprint density at radius 1 is 0.865 bits per heavy atom. The van der Waals surface area contributed by atoms with E-state index in [9.17, 15) is 14.4 Å². The number of benzene rings is 3. The lowest BCUT2D eigenvalue weighted by atomic mass is 9.64. The fourth-order valence-electron chi connectivity index (χ4n) is 6.48. The van der Waals surface area contributed by atoms with Crippen molar-refractivity contribution < 1.29 is 23.9 Å². The number of carbonyl (C=O) groups is 3. The Hall–Kier alpha value is -4.19. The van der Waals surface area contributed by atoms with Gasteiger partial charge in [-0.15, -0.1) is 0 Å². The standard InChI is InChI=1S/C31H27NO5/c1-3-36-24-16-10-8-14-22(24)26-27(30(35)37-4-2)32-23-15-9-5-11-19(23)17-18-25(32)31(26)28(33)20-12-6-7-13-21(20)29(31)34/h5-18,25-27H,3-4H2,1-2H3/t25?,26-,27+/m0/s1. The Bertz CT molecular complexity index is 1420. The van der Waals surface area contributed by atoms with Crippen molar-refractivity contribution in [1.82, 2.24) is 0 Å². The summed E-state index contributed by atoms with van der Waals surface area (Å²) in [4.78, 5) is 44.8. The normalized spacial score (nSPS) is 22.5. The summed E-state index contributed by atoms with van der Waals surface area (Å²) in [6.07, 6.45) is 3.85. The zero-order chi connectivity index (χ0) is 25.7. The van der Waals surface area contributed by atoms with Gasteiger partial charge in [-0.25, -0.2) is 4.79 Å². The van der Waals surface area contributed by atoms with E-state index in [2.05, 4.69) is 0 Å². The summed E-state index contributed by atoms with van der Waals surface area (Å²) in [7, 11) is 0. The molecule has 1 unspecified atom stereocenters. The molecule has 0 saturated carbocycles. The lowest BCUT2D eigenvalue weighted by molar-refractivity contribution is -0.145. The SMILES string of the molecule is CCOC(=O)[C@H]1[C@H](c2ccccc2OCC)C2(C(=O)c3ccccc3C2=O)C2C=Cc3ccccc3N21. The molecule has 1 spiro atoms. The van der Waals surface area contributed by atoms with Crippen molar-refractivity contribution in [2.45, 2.75) is 31.8 Å². The molecule has 3 aromatic carbocycles. The predicted octanol–water partition coefficient (Wildman–Crippen LogP) is 5.08. The molecule has 0 amide bonds. The fraction of sp³-hybridized carbons (Fsp3) is 0.258. The molecular formula is C31H27NO5. The van der Waals surface area contributed by atoms with Gasteiger partial charge in [0, 0.05) is 28.3 Å². The Kier molecular flexibility index (Phi) is 5.48. The minimum absolute atomic E-state index is 0.181. The van der Waals surface area contributed by atoms with E-state index >= 15 is 0 Å². The highest BCUT2D eigenvalue weighted by atomic mass is 16.5. The second-order valence-corrected chi connectivity index (χ2v) is 9.49. The van der Waals surface area contributed by atoms with Crippen molar-refractivity contribution in [3.8, 4) is 5.75 Å². The van der Waals surface area contributed by atoms with Gasteiger partial charge in [0.1, 0.15) is 17.2 Å². The number of Topliss-reactive ketones (excluding diaryl/α,β-unsaturated/α-hetero) is 2. The molecule has 1 fully saturated rings. The van der Waals surface area contributed by atoms with E-state index in [-0.39, 0.29) is 18.2 Å². The molecule has 2 aliphatic heterocycles. The van der Waals surface area contributed by atoms with E-state index in [4.69, 9.17) is 9.47 Å². The first-order chi connectivity index (χ1) is 18.1. The maximum atomic E-state index is 14.5. The number of anilines is 1. The molecule has 186 valence electrons. The van der Waals surface area contributed by atoms with Crippen LogP contribution in [0.2, 0.25) is 0 Å². The number of esters is 1. The van der Waals surface area contributed by atoms with Gasteiger partial charge >= 0.3 is 5.97 Å². The first kappa shape index (κ1) is 23.2. The average molecular weight is 494 g/mol. The zero-order valence-corrected chi connectivity index (χ0v) is 20.7. The van der Waals surface area contributed by atoms with Gasteiger partial charge in [-0.3, -0.25) is 9.59 Å². The van der Waals surface area contributed by atoms with E-state index < -0.39 is 29.4 Å². The van der Waals surface area contributed by atoms with E-state index in [1.807, 2.05) is 72.5 Å². The van der Waals surface area contributed by atoms with Gasteiger partial charge in [-0.2, -0.15) is 0 Å². The Labute approximate surface area is 215 Å². The van der Waals surface area contributed by atoms with Gasteiger partial charge in [-0.05, 0) is 31.5 Å². The van der Waals surface area contributed by atoms with Crippen LogP contribution in [0.4, 0.5) is 5.69 Å². The van der Waals surface area contributed by atoms with Crippen molar-refractivity contribution in [3.05, 3.63) is 101 Å². The van der Waals surface area contributed by atoms with Crippen LogP contribution in [0.5, 0.6) is 5.75 Å². The molecule has 0 radical (unpaired) electrons. The smallest absolute Gasteiger partial charge is 0.329 e. The summed E-state index contributed by atoms with van der Waals surface area (Å²) in [5.74, 6) is -1.28. The lowest BCUT2D eigenvalue weighted by Crippen LogP contribution is -2.48. The molecule has 3 aromatic rings. The number of carbonyl (C=O) groups excluding carboxylic acids is 3. The van der Waals surface area contributed by atoms with Crippen molar-refractivity contribution in [3.63, 3.8) is 0 Å². The second-order valence-electron chi connectivity index (χ2n) is 9.49. The van der Waals surface area contributed by atoms with E-state index in [1.54, 1.807) is 31.2 Å². The number of hydrogen-bond donors (Lipinski definition) is 0. The molecule has 3 atom stereocenters. The Morgan fingerprint density at radius 2 is 1.51 bits per heavy atom. The molecule has 6 heteroatoms. The van der Waals surface area contributed by atoms with Crippen molar-refractivity contribution in [2.75, 3.05) is 18.1 Å². The highest BCUT2D eigenvalue weighted by Crippen LogP contribution is 2.61. The molecular weight excluding hydrogens is 466 g/mol. The van der Waals surface area contributed by atoms with Crippen LogP contribution in [-0.2, 0) is 9.53 Å². The fourth-order valence-corrected chi connectivity index (χ4v) is 6.48. The molecule has 6 nitrogen and oxygen atoms in total. The van der Waals surface area contributed by atoms with Gasteiger partial charge in [0.15, 0.2) is 11.6 Å². The predicted molar refractivity (Wildman–Crippen MR) is 140 cm³/mol. The molecule has 0 bridgehead atoms. The van der Waals surface area contributed by atoms with Gasteiger partial charge < -0.3 is 14.4 Å². The summed E-state index contributed by atoms with van der Waals surface area (Å²) >= 11 is 0. The average Bonchev–Trinajstić information content (AvgIpc) is 3.36. The largest absolute Gasteiger partial charge is 0.494 e. The van der Waals surface area contributed by atoms with Crippen LogP contribution in [0.25, 0.3) is 6.08 Å². The molecule has 0 N–H and O–H groups in total. The maximum absolute atomic E-state index is 14.5. The third-order valence-electron chi connectivity index (χ3n) is 7.79. The van der Waals surface area contributed by atoms with Crippen LogP contribution in [0.3, 0.4) is 0 Å². The summed E-state index contributed by atoms with van der Waals surface area (Å²) in [5.41, 5.74) is 1.58. The van der Waals surface area contributed by atoms with Gasteiger partial charge in [0.25, 0.3) is 0 Å². The number of ketones is 2. The van der Waals surface area contributed by atoms with E-state index in [0.717, 1.165) is 11.3 Å². The molecule has 1 aliphatic carbocycles. The highest BCUT2D eigenvalue weighted by molar-refractivity contribution is 6.32. The maximum Gasteiger partial charge on any atom is 0.329 e. The second kappa shape index (κ2) is 8.73. The zero-order valence-electron chi connectivity index (χ0n) is 20.7. The topological polar surface area (TPSA) is 72.9 Å². The van der Waals surface area contributed by atoms with Crippen LogP contribution in [0.1, 0.15) is 51.6 Å². The van der Waals surface area contributed by atoms with Crippen LogP contribution < -0.4 is 9.64 Å². The molecule has 0 aromatic heterocycles. The molecule has 6 rings (SSSR count). The summed E-state index contributed by atoms with van der Waals surface area (Å²) in [6.45, 7) is 4.22. The van der Waals surface area contributed by atoms with Crippen LogP contribution >= 0.6 is 0 Å². The third kappa shape index (κ3) is 3.08. The number of rotatable bonds is 5. The quantitative estimate of drug-likeness (QED) is 0.365. The number of nitrogens with zero attached hydrogens (tertiary/aromatic N) is 1. The number of para-hydroxylation sites is 2. The van der Waals surface area contributed by atoms with Crippen molar-refractivity contribution >= 4 is 29.3 Å². The van der Waals surface area contributed by atoms with Crippen molar-refractivity contribution in [2.24, 2.45) is 5.41 Å². The summed E-state index contributed by atoms with van der Waals surface area (Å²) < 4.78 is 11.6. The molecule has 3 aliphatic rings. The number of ether oxygens (including phenoxy) is 2. The lowest BCUT2D eigenvalue weighted by Gasteiger charge is -2.36. The number of fused-ring (bicyclic) bond motifs is 5. The molecule has 2 heterocycles. The Balaban J connectivity index is 1.69. The monoisotopic (exact) mass is 493 g/mol. The minimum atomic E-state index is -1.56. The van der Waals surface area contributed by atoms with Gasteiger partial charge in [-0.1, -0.05) is 72.8 Å².